The Labute approximate surface area is 154 Å². The Morgan fingerprint density at radius 1 is 1.19 bits per heavy atom. The van der Waals surface area contributed by atoms with Gasteiger partial charge in [-0.05, 0) is 49.4 Å². The van der Waals surface area contributed by atoms with Crippen LogP contribution in [0.3, 0.4) is 0 Å². The molecule has 8 heteroatoms. The number of carbonyl (C=O) groups excluding carboxylic acids is 1. The lowest BCUT2D eigenvalue weighted by atomic mass is 9.94. The molecule has 1 heterocycles. The number of piperidine rings is 1. The van der Waals surface area contributed by atoms with Crippen molar-refractivity contribution in [3.63, 3.8) is 0 Å². The molecule has 3 atom stereocenters. The average Bonchev–Trinajstić information content (AvgIpc) is 2.53. The van der Waals surface area contributed by atoms with Crippen LogP contribution in [0, 0.1) is 11.8 Å². The molecule has 1 aliphatic heterocycles. The van der Waals surface area contributed by atoms with E-state index in [-0.39, 0.29) is 11.3 Å². The van der Waals surface area contributed by atoms with E-state index in [0.717, 1.165) is 6.42 Å². The number of rotatable bonds is 6. The van der Waals surface area contributed by atoms with Crippen molar-refractivity contribution in [1.29, 1.82) is 0 Å². The molecule has 0 aliphatic carbocycles. The number of benzene rings is 1. The van der Waals surface area contributed by atoms with E-state index in [0.29, 0.717) is 30.5 Å². The van der Waals surface area contributed by atoms with Gasteiger partial charge in [-0.2, -0.15) is 4.31 Å². The topological polar surface area (TPSA) is 104 Å². The van der Waals surface area contributed by atoms with Crippen molar-refractivity contribution >= 4 is 21.9 Å². The highest BCUT2D eigenvalue weighted by molar-refractivity contribution is 7.89. The van der Waals surface area contributed by atoms with Crippen LogP contribution in [0.1, 0.15) is 44.0 Å². The number of hydrogen-bond acceptors (Lipinski definition) is 4. The number of carbonyl (C=O) groups is 2. The molecule has 26 heavy (non-hydrogen) atoms. The van der Waals surface area contributed by atoms with Crippen molar-refractivity contribution in [1.82, 2.24) is 9.62 Å². The van der Waals surface area contributed by atoms with Gasteiger partial charge in [-0.1, -0.05) is 13.8 Å². The van der Waals surface area contributed by atoms with Crippen LogP contribution < -0.4 is 5.32 Å². The fourth-order valence-electron chi connectivity index (χ4n) is 3.35. The van der Waals surface area contributed by atoms with Crippen molar-refractivity contribution < 1.29 is 23.1 Å². The maximum absolute atomic E-state index is 12.8. The van der Waals surface area contributed by atoms with Gasteiger partial charge in [0.2, 0.25) is 10.0 Å². The first-order chi connectivity index (χ1) is 12.1. The number of nitrogens with zero attached hydrogens (tertiary/aromatic N) is 1. The zero-order valence-electron chi connectivity index (χ0n) is 15.3. The van der Waals surface area contributed by atoms with Crippen molar-refractivity contribution in [3.05, 3.63) is 29.8 Å². The first kappa shape index (κ1) is 20.4. The van der Waals surface area contributed by atoms with Crippen molar-refractivity contribution in [2.75, 3.05) is 13.1 Å². The summed E-state index contributed by atoms with van der Waals surface area (Å²) >= 11 is 0. The van der Waals surface area contributed by atoms with Crippen LogP contribution in [0.2, 0.25) is 0 Å². The van der Waals surface area contributed by atoms with Gasteiger partial charge in [0.15, 0.2) is 0 Å². The molecule has 1 aromatic carbocycles. The summed E-state index contributed by atoms with van der Waals surface area (Å²) in [6.07, 6.45) is 0.836. The third-order valence-electron chi connectivity index (χ3n) is 4.45. The molecule has 1 fully saturated rings. The molecule has 1 aromatic rings. The van der Waals surface area contributed by atoms with E-state index in [1.165, 1.54) is 28.6 Å². The monoisotopic (exact) mass is 382 g/mol. The van der Waals surface area contributed by atoms with Crippen LogP contribution in [0.15, 0.2) is 29.2 Å². The van der Waals surface area contributed by atoms with Crippen LogP contribution in [0.4, 0.5) is 0 Å². The number of aliphatic carboxylic acids is 1. The lowest BCUT2D eigenvalue weighted by Crippen LogP contribution is -2.42. The minimum Gasteiger partial charge on any atom is -0.481 e. The summed E-state index contributed by atoms with van der Waals surface area (Å²) in [5.74, 6) is -0.796. The summed E-state index contributed by atoms with van der Waals surface area (Å²) in [7, 11) is -3.59. The number of nitrogens with one attached hydrogen (secondary N) is 1. The van der Waals surface area contributed by atoms with Gasteiger partial charge in [0.25, 0.3) is 5.91 Å². The predicted molar refractivity (Wildman–Crippen MR) is 97.3 cm³/mol. The molecule has 0 radical (unpaired) electrons. The Balaban J connectivity index is 2.10. The van der Waals surface area contributed by atoms with Crippen LogP contribution in [0.5, 0.6) is 0 Å². The summed E-state index contributed by atoms with van der Waals surface area (Å²) in [5, 5.41) is 11.3. The highest BCUT2D eigenvalue weighted by Crippen LogP contribution is 2.26. The maximum atomic E-state index is 12.8. The molecule has 0 spiro atoms. The predicted octanol–water partition coefficient (Wildman–Crippen LogP) is 1.95. The van der Waals surface area contributed by atoms with E-state index in [1.54, 1.807) is 6.92 Å². The molecule has 3 unspecified atom stereocenters. The molecule has 144 valence electrons. The second-order valence-corrected chi connectivity index (χ2v) is 9.20. The van der Waals surface area contributed by atoms with Gasteiger partial charge >= 0.3 is 5.97 Å². The number of hydrogen-bond donors (Lipinski definition) is 2. The number of carboxylic acids is 1. The third-order valence-corrected chi connectivity index (χ3v) is 6.29. The minimum atomic E-state index is -3.59. The third kappa shape index (κ3) is 5.04. The zero-order chi connectivity index (χ0) is 19.5. The summed E-state index contributed by atoms with van der Waals surface area (Å²) < 4.78 is 27.1. The Morgan fingerprint density at radius 2 is 1.73 bits per heavy atom. The van der Waals surface area contributed by atoms with Crippen LogP contribution in [0.25, 0.3) is 0 Å². The molecule has 7 nitrogen and oxygen atoms in total. The minimum absolute atomic E-state index is 0.161. The van der Waals surface area contributed by atoms with Gasteiger partial charge in [-0.15, -0.1) is 0 Å². The fraction of sp³-hybridized carbons (Fsp3) is 0.556. The largest absolute Gasteiger partial charge is 0.481 e. The van der Waals surface area contributed by atoms with Crippen molar-refractivity contribution in [3.8, 4) is 0 Å². The van der Waals surface area contributed by atoms with Gasteiger partial charge in [-0.3, -0.25) is 9.59 Å². The van der Waals surface area contributed by atoms with Crippen molar-refractivity contribution in [2.24, 2.45) is 11.8 Å². The molecular weight excluding hydrogens is 356 g/mol. The van der Waals surface area contributed by atoms with E-state index in [9.17, 15) is 18.0 Å². The molecule has 0 saturated carbocycles. The van der Waals surface area contributed by atoms with Crippen LogP contribution in [-0.4, -0.2) is 48.8 Å². The van der Waals surface area contributed by atoms with Gasteiger partial charge in [0.1, 0.15) is 0 Å². The van der Waals surface area contributed by atoms with Gasteiger partial charge < -0.3 is 10.4 Å². The summed E-state index contributed by atoms with van der Waals surface area (Å²) in [6.45, 7) is 6.70. The molecule has 0 bridgehead atoms. The van der Waals surface area contributed by atoms with E-state index in [1.807, 2.05) is 13.8 Å². The Morgan fingerprint density at radius 3 is 2.23 bits per heavy atom. The number of sulfonamides is 1. The molecule has 1 amide bonds. The first-order valence-electron chi connectivity index (χ1n) is 8.72. The van der Waals surface area contributed by atoms with Gasteiger partial charge in [0, 0.05) is 24.7 Å². The smallest absolute Gasteiger partial charge is 0.305 e. The molecule has 1 aliphatic rings. The SMILES string of the molecule is CC1CC(C)CN(S(=O)(=O)c2ccc(C(=O)NC(C)CC(=O)O)cc2)C1. The van der Waals surface area contributed by atoms with Crippen LogP contribution in [-0.2, 0) is 14.8 Å². The summed E-state index contributed by atoms with van der Waals surface area (Å²) in [5.41, 5.74) is 0.293. The Kier molecular flexibility index (Phi) is 6.41. The highest BCUT2D eigenvalue weighted by atomic mass is 32.2. The Hall–Kier alpha value is -1.93. The molecule has 2 N–H and O–H groups in total. The molecule has 2 rings (SSSR count). The van der Waals surface area contributed by atoms with E-state index >= 15 is 0 Å². The lowest BCUT2D eigenvalue weighted by molar-refractivity contribution is -0.137. The Bertz CT molecular complexity index is 750. The van der Waals surface area contributed by atoms with Gasteiger partial charge in [-0.25, -0.2) is 8.42 Å². The normalized spacial score (nSPS) is 22.6. The molecular formula is C18H26N2O5S. The highest BCUT2D eigenvalue weighted by Gasteiger charge is 2.31. The van der Waals surface area contributed by atoms with Crippen molar-refractivity contribution in [2.45, 2.75) is 44.6 Å². The fourth-order valence-corrected chi connectivity index (χ4v) is 5.03. The average molecular weight is 382 g/mol. The first-order valence-corrected chi connectivity index (χ1v) is 10.2. The standard InChI is InChI=1S/C18H26N2O5S/c1-12-8-13(2)11-20(10-12)26(24,25)16-6-4-15(5-7-16)18(23)19-14(3)9-17(21)22/h4-7,12-14H,8-11H2,1-3H3,(H,19,23)(H,21,22). The number of amides is 1. The second-order valence-electron chi connectivity index (χ2n) is 7.26. The number of carboxylic acid groups (broad SMARTS) is 1. The lowest BCUT2D eigenvalue weighted by Gasteiger charge is -2.34. The molecule has 1 saturated heterocycles. The molecule has 0 aromatic heterocycles. The summed E-state index contributed by atoms with van der Waals surface area (Å²) in [6, 6.07) is 5.24. The van der Waals surface area contributed by atoms with E-state index in [2.05, 4.69) is 5.32 Å². The second kappa shape index (κ2) is 8.18. The zero-order valence-corrected chi connectivity index (χ0v) is 16.1. The maximum Gasteiger partial charge on any atom is 0.305 e. The van der Waals surface area contributed by atoms with Gasteiger partial charge in [0.05, 0.1) is 11.3 Å². The van der Waals surface area contributed by atoms with Crippen LogP contribution >= 0.6 is 0 Å². The van der Waals surface area contributed by atoms with E-state index < -0.39 is 27.9 Å². The van der Waals surface area contributed by atoms with E-state index in [4.69, 9.17) is 5.11 Å². The quantitative estimate of drug-likeness (QED) is 0.783. The summed E-state index contributed by atoms with van der Waals surface area (Å²) in [4.78, 5) is 22.9.